The number of nitrogens with zero attached hydrogens (tertiary/aromatic N) is 3. The van der Waals surface area contributed by atoms with Crippen molar-refractivity contribution in [2.45, 2.75) is 13.5 Å². The number of para-hydroxylation sites is 1. The van der Waals surface area contributed by atoms with Gasteiger partial charge >= 0.3 is 0 Å². The molecule has 0 saturated carbocycles. The smallest absolute Gasteiger partial charge is 0.0756 e. The Morgan fingerprint density at radius 3 is 2.76 bits per heavy atom. The summed E-state index contributed by atoms with van der Waals surface area (Å²) in [5, 5.41) is 7.75. The molecule has 1 aromatic carbocycles. The van der Waals surface area contributed by atoms with Gasteiger partial charge in [-0.05, 0) is 36.4 Å². The number of aromatic nitrogens is 3. The fraction of sp³-hybridized carbons (Fsp3) is 0.176. The molecule has 106 valence electrons. The molecule has 0 amide bonds. The van der Waals surface area contributed by atoms with Gasteiger partial charge in [-0.1, -0.05) is 25.1 Å². The molecule has 4 heteroatoms. The minimum atomic E-state index is 0.830. The molecule has 0 spiro atoms. The van der Waals surface area contributed by atoms with Crippen molar-refractivity contribution < 1.29 is 0 Å². The molecule has 4 nitrogen and oxygen atoms in total. The van der Waals surface area contributed by atoms with Crippen LogP contribution in [-0.2, 0) is 6.54 Å². The maximum Gasteiger partial charge on any atom is 0.0756 e. The molecule has 0 saturated heterocycles. The zero-order valence-electron chi connectivity index (χ0n) is 12.0. The highest BCUT2D eigenvalue weighted by molar-refractivity contribution is 5.61. The van der Waals surface area contributed by atoms with Crippen LogP contribution in [0.4, 0.5) is 0 Å². The van der Waals surface area contributed by atoms with E-state index in [-0.39, 0.29) is 0 Å². The van der Waals surface area contributed by atoms with Crippen molar-refractivity contribution in [1.82, 2.24) is 20.1 Å². The minimum absolute atomic E-state index is 0.830. The number of hydrogen-bond acceptors (Lipinski definition) is 3. The first kappa shape index (κ1) is 13.5. The fourth-order valence-corrected chi connectivity index (χ4v) is 2.29. The van der Waals surface area contributed by atoms with Crippen molar-refractivity contribution >= 4 is 0 Å². The van der Waals surface area contributed by atoms with Crippen molar-refractivity contribution in [1.29, 1.82) is 0 Å². The van der Waals surface area contributed by atoms with Gasteiger partial charge < -0.3 is 5.32 Å². The van der Waals surface area contributed by atoms with Gasteiger partial charge in [0.25, 0.3) is 0 Å². The van der Waals surface area contributed by atoms with E-state index in [9.17, 15) is 0 Å². The lowest BCUT2D eigenvalue weighted by Crippen LogP contribution is -2.12. The number of pyridine rings is 1. The zero-order chi connectivity index (χ0) is 14.5. The first-order valence-corrected chi connectivity index (χ1v) is 7.13. The van der Waals surface area contributed by atoms with E-state index in [1.54, 1.807) is 0 Å². The van der Waals surface area contributed by atoms with Crippen LogP contribution in [0.15, 0.2) is 61.1 Å². The third-order valence-corrected chi connectivity index (χ3v) is 3.31. The molecule has 0 fully saturated rings. The summed E-state index contributed by atoms with van der Waals surface area (Å²) in [5.41, 5.74) is 4.35. The number of rotatable bonds is 5. The molecule has 0 aliphatic rings. The molecule has 0 aliphatic heterocycles. The summed E-state index contributed by atoms with van der Waals surface area (Å²) >= 11 is 0. The molecule has 3 rings (SSSR count). The lowest BCUT2D eigenvalue weighted by atomic mass is 10.1. The Morgan fingerprint density at radius 1 is 1.10 bits per heavy atom. The Morgan fingerprint density at radius 2 is 1.95 bits per heavy atom. The molecule has 2 heterocycles. The van der Waals surface area contributed by atoms with Crippen molar-refractivity contribution in [2.24, 2.45) is 0 Å². The van der Waals surface area contributed by atoms with Crippen LogP contribution in [0.1, 0.15) is 12.5 Å². The van der Waals surface area contributed by atoms with Gasteiger partial charge in [-0.3, -0.25) is 4.98 Å². The van der Waals surface area contributed by atoms with Crippen molar-refractivity contribution in [2.75, 3.05) is 6.54 Å². The standard InChI is InChI=1S/C17H18N4/c1-2-18-11-14-10-15(13-19-12-14)17-8-9-20-21(17)16-6-4-3-5-7-16/h3-10,12-13,18H,2,11H2,1H3. The minimum Gasteiger partial charge on any atom is -0.313 e. The van der Waals surface area contributed by atoms with Crippen LogP contribution in [0.25, 0.3) is 16.9 Å². The van der Waals surface area contributed by atoms with Gasteiger partial charge in [-0.25, -0.2) is 4.68 Å². The molecule has 3 aromatic rings. The molecular weight excluding hydrogens is 260 g/mol. The van der Waals surface area contributed by atoms with Crippen LogP contribution in [0, 0.1) is 0 Å². The summed E-state index contributed by atoms with van der Waals surface area (Å²) < 4.78 is 1.94. The second-order valence-corrected chi connectivity index (χ2v) is 4.83. The SMILES string of the molecule is CCNCc1cncc(-c2ccnn2-c2ccccc2)c1. The summed E-state index contributed by atoms with van der Waals surface area (Å²) in [7, 11) is 0. The van der Waals surface area contributed by atoms with Gasteiger partial charge in [0.05, 0.1) is 17.6 Å². The highest BCUT2D eigenvalue weighted by atomic mass is 15.3. The van der Waals surface area contributed by atoms with Crippen molar-refractivity contribution in [3.8, 4) is 16.9 Å². The lowest BCUT2D eigenvalue weighted by molar-refractivity contribution is 0.724. The third-order valence-electron chi connectivity index (χ3n) is 3.31. The highest BCUT2D eigenvalue weighted by Crippen LogP contribution is 2.22. The lowest BCUT2D eigenvalue weighted by Gasteiger charge is -2.09. The van der Waals surface area contributed by atoms with E-state index in [1.165, 1.54) is 5.56 Å². The van der Waals surface area contributed by atoms with Crippen LogP contribution in [0.2, 0.25) is 0 Å². The van der Waals surface area contributed by atoms with Crippen LogP contribution in [-0.4, -0.2) is 21.3 Å². The molecule has 0 aliphatic carbocycles. The van der Waals surface area contributed by atoms with E-state index >= 15 is 0 Å². The first-order chi connectivity index (χ1) is 10.4. The van der Waals surface area contributed by atoms with E-state index in [2.05, 4.69) is 28.4 Å². The van der Waals surface area contributed by atoms with E-state index < -0.39 is 0 Å². The highest BCUT2D eigenvalue weighted by Gasteiger charge is 2.08. The molecule has 2 aromatic heterocycles. The monoisotopic (exact) mass is 278 g/mol. The predicted molar refractivity (Wildman–Crippen MR) is 84.2 cm³/mol. The summed E-state index contributed by atoms with van der Waals surface area (Å²) in [5.74, 6) is 0. The Labute approximate surface area is 124 Å². The van der Waals surface area contributed by atoms with E-state index in [0.29, 0.717) is 0 Å². The molecule has 0 bridgehead atoms. The number of benzene rings is 1. The Bertz CT molecular complexity index is 704. The Balaban J connectivity index is 1.97. The molecule has 1 N–H and O–H groups in total. The molecule has 0 atom stereocenters. The van der Waals surface area contributed by atoms with Gasteiger partial charge in [0, 0.05) is 24.5 Å². The predicted octanol–water partition coefficient (Wildman–Crippen LogP) is 3.04. The molecule has 21 heavy (non-hydrogen) atoms. The summed E-state index contributed by atoms with van der Waals surface area (Å²) in [6, 6.07) is 14.3. The average Bonchev–Trinajstić information content (AvgIpc) is 3.04. The maximum atomic E-state index is 4.43. The second-order valence-electron chi connectivity index (χ2n) is 4.83. The van der Waals surface area contributed by atoms with Crippen LogP contribution < -0.4 is 5.32 Å². The largest absolute Gasteiger partial charge is 0.313 e. The summed E-state index contributed by atoms with van der Waals surface area (Å²) in [6.45, 7) is 3.88. The number of nitrogens with one attached hydrogen (secondary N) is 1. The number of hydrogen-bond donors (Lipinski definition) is 1. The fourth-order valence-electron chi connectivity index (χ4n) is 2.29. The van der Waals surface area contributed by atoms with Crippen molar-refractivity contribution in [3.63, 3.8) is 0 Å². The molecule has 0 unspecified atom stereocenters. The van der Waals surface area contributed by atoms with E-state index in [0.717, 1.165) is 30.0 Å². The van der Waals surface area contributed by atoms with Crippen molar-refractivity contribution in [3.05, 3.63) is 66.6 Å². The van der Waals surface area contributed by atoms with Gasteiger partial charge in [0.1, 0.15) is 0 Å². The van der Waals surface area contributed by atoms with Gasteiger partial charge in [-0.2, -0.15) is 5.10 Å². The normalized spacial score (nSPS) is 10.7. The van der Waals surface area contributed by atoms with Gasteiger partial charge in [-0.15, -0.1) is 0 Å². The summed E-state index contributed by atoms with van der Waals surface area (Å²) in [4.78, 5) is 4.35. The maximum absolute atomic E-state index is 4.43. The van der Waals surface area contributed by atoms with Crippen LogP contribution >= 0.6 is 0 Å². The molecule has 0 radical (unpaired) electrons. The molecular formula is C17H18N4. The average molecular weight is 278 g/mol. The topological polar surface area (TPSA) is 42.7 Å². The van der Waals surface area contributed by atoms with E-state index in [4.69, 9.17) is 0 Å². The summed E-state index contributed by atoms with van der Waals surface area (Å²) in [6.07, 6.45) is 5.60. The second kappa shape index (κ2) is 6.33. The Hall–Kier alpha value is -2.46. The quantitative estimate of drug-likeness (QED) is 0.780. The van der Waals surface area contributed by atoms with Gasteiger partial charge in [0.2, 0.25) is 0 Å². The Kier molecular flexibility index (Phi) is 4.07. The first-order valence-electron chi connectivity index (χ1n) is 7.13. The van der Waals surface area contributed by atoms with E-state index in [1.807, 2.05) is 59.7 Å². The van der Waals surface area contributed by atoms with Crippen LogP contribution in [0.5, 0.6) is 0 Å². The van der Waals surface area contributed by atoms with Crippen LogP contribution in [0.3, 0.4) is 0 Å². The zero-order valence-corrected chi connectivity index (χ0v) is 12.0. The van der Waals surface area contributed by atoms with Gasteiger partial charge in [0.15, 0.2) is 0 Å². The third kappa shape index (κ3) is 3.01.